The van der Waals surface area contributed by atoms with Gasteiger partial charge in [-0.05, 0) is 76.9 Å². The van der Waals surface area contributed by atoms with Crippen LogP contribution in [0.4, 0.5) is 0 Å². The first-order chi connectivity index (χ1) is 12.7. The van der Waals surface area contributed by atoms with Crippen molar-refractivity contribution in [2.45, 2.75) is 84.0 Å². The minimum absolute atomic E-state index is 0.148. The van der Waals surface area contributed by atoms with Crippen molar-refractivity contribution in [2.75, 3.05) is 0 Å². The van der Waals surface area contributed by atoms with Crippen LogP contribution in [0.5, 0.6) is 11.5 Å². The fourth-order valence-corrected chi connectivity index (χ4v) is 6.31. The Morgan fingerprint density at radius 2 is 2.07 bits per heavy atom. The van der Waals surface area contributed by atoms with Crippen LogP contribution in [0.15, 0.2) is 36.4 Å². The number of hydrogen-bond donors (Lipinski definition) is 0. The highest BCUT2D eigenvalue weighted by atomic mass is 28.4. The molecule has 0 spiro atoms. The summed E-state index contributed by atoms with van der Waals surface area (Å²) in [7, 11) is -1.85. The van der Waals surface area contributed by atoms with Gasteiger partial charge in [0.25, 0.3) is 0 Å². The molecule has 0 fully saturated rings. The van der Waals surface area contributed by atoms with Crippen molar-refractivity contribution in [3.05, 3.63) is 47.6 Å². The van der Waals surface area contributed by atoms with E-state index in [4.69, 9.17) is 9.16 Å². The third-order valence-electron chi connectivity index (χ3n) is 6.07. The molecule has 2 nitrogen and oxygen atoms in total. The molecule has 0 saturated heterocycles. The molecule has 27 heavy (non-hydrogen) atoms. The molecule has 2 unspecified atom stereocenters. The van der Waals surface area contributed by atoms with Gasteiger partial charge in [-0.25, -0.2) is 0 Å². The summed E-state index contributed by atoms with van der Waals surface area (Å²) >= 11 is 0. The van der Waals surface area contributed by atoms with Gasteiger partial charge in [0.2, 0.25) is 8.32 Å². The number of benzene rings is 1. The normalized spacial score (nSPS) is 23.6. The van der Waals surface area contributed by atoms with Gasteiger partial charge in [-0.15, -0.1) is 6.58 Å². The van der Waals surface area contributed by atoms with E-state index in [1.54, 1.807) is 0 Å². The number of fused-ring (bicyclic) bond motifs is 3. The van der Waals surface area contributed by atoms with E-state index in [1.165, 1.54) is 29.5 Å². The molecule has 2 aliphatic rings. The van der Waals surface area contributed by atoms with Gasteiger partial charge in [-0.3, -0.25) is 0 Å². The zero-order chi connectivity index (χ0) is 19.8. The van der Waals surface area contributed by atoms with Crippen LogP contribution in [0.1, 0.15) is 64.0 Å². The van der Waals surface area contributed by atoms with E-state index < -0.39 is 8.32 Å². The molecule has 0 radical (unpaired) electrons. The summed E-state index contributed by atoms with van der Waals surface area (Å²) in [6, 6.07) is 5.51. The SMILES string of the molecule is C=CC[Si](C)(C)Oc1cc(CCC)cc2c1C1C=C(C)CCC1C(C)(C)O2. The Balaban J connectivity index is 2.15. The minimum Gasteiger partial charge on any atom is -0.543 e. The molecule has 1 heterocycles. The van der Waals surface area contributed by atoms with E-state index in [2.05, 4.69) is 65.6 Å². The van der Waals surface area contributed by atoms with E-state index in [0.717, 1.165) is 30.4 Å². The first-order valence-corrected chi connectivity index (χ1v) is 13.6. The monoisotopic (exact) mass is 384 g/mol. The molecular formula is C24H36O2Si. The molecule has 3 heteroatoms. The summed E-state index contributed by atoms with van der Waals surface area (Å²) in [5.74, 6) is 2.98. The van der Waals surface area contributed by atoms with Gasteiger partial charge in [0.15, 0.2) is 0 Å². The summed E-state index contributed by atoms with van der Waals surface area (Å²) in [6.45, 7) is 17.5. The van der Waals surface area contributed by atoms with Gasteiger partial charge < -0.3 is 9.16 Å². The Bertz CT molecular complexity index is 745. The van der Waals surface area contributed by atoms with E-state index in [9.17, 15) is 0 Å². The van der Waals surface area contributed by atoms with Gasteiger partial charge in [0.1, 0.15) is 17.1 Å². The molecule has 1 aliphatic carbocycles. The van der Waals surface area contributed by atoms with Crippen molar-refractivity contribution in [3.63, 3.8) is 0 Å². The predicted molar refractivity (Wildman–Crippen MR) is 117 cm³/mol. The molecule has 1 aromatic rings. The predicted octanol–water partition coefficient (Wildman–Crippen LogP) is 7.02. The average Bonchev–Trinajstić information content (AvgIpc) is 2.53. The van der Waals surface area contributed by atoms with Gasteiger partial charge in [-0.1, -0.05) is 31.1 Å². The molecule has 0 bridgehead atoms. The molecule has 0 N–H and O–H groups in total. The lowest BCUT2D eigenvalue weighted by atomic mass is 9.68. The molecule has 0 amide bonds. The number of aryl methyl sites for hydroxylation is 1. The van der Waals surface area contributed by atoms with E-state index in [0.29, 0.717) is 11.8 Å². The molecule has 148 valence electrons. The second kappa shape index (κ2) is 7.50. The van der Waals surface area contributed by atoms with Crippen LogP contribution in [0.2, 0.25) is 19.1 Å². The average molecular weight is 385 g/mol. The topological polar surface area (TPSA) is 18.5 Å². The van der Waals surface area contributed by atoms with Crippen LogP contribution in [0.25, 0.3) is 0 Å². The van der Waals surface area contributed by atoms with Crippen LogP contribution in [-0.2, 0) is 6.42 Å². The van der Waals surface area contributed by atoms with Crippen LogP contribution in [0.3, 0.4) is 0 Å². The zero-order valence-corrected chi connectivity index (χ0v) is 19.0. The van der Waals surface area contributed by atoms with E-state index in [1.807, 2.05) is 6.08 Å². The van der Waals surface area contributed by atoms with E-state index >= 15 is 0 Å². The van der Waals surface area contributed by atoms with Crippen LogP contribution >= 0.6 is 0 Å². The standard InChI is InChI=1S/C24H36O2Si/c1-8-10-18-15-21-23(22(16-18)26-27(6,7)13-9-2)19-14-17(3)11-12-20(19)24(4,5)25-21/h9,14-16,19-20H,2,8,10-13H2,1,3-7H3. The maximum Gasteiger partial charge on any atom is 0.248 e. The largest absolute Gasteiger partial charge is 0.543 e. The number of allylic oxidation sites excluding steroid dienone is 3. The summed E-state index contributed by atoms with van der Waals surface area (Å²) in [5, 5.41) is 0. The Kier molecular flexibility index (Phi) is 5.63. The summed E-state index contributed by atoms with van der Waals surface area (Å²) in [4.78, 5) is 0. The third kappa shape index (κ3) is 4.18. The van der Waals surface area contributed by atoms with Crippen molar-refractivity contribution in [3.8, 4) is 11.5 Å². The molecule has 0 aromatic heterocycles. The lowest BCUT2D eigenvalue weighted by Gasteiger charge is -2.47. The van der Waals surface area contributed by atoms with Crippen LogP contribution < -0.4 is 9.16 Å². The minimum atomic E-state index is -1.85. The number of rotatable bonds is 6. The maximum atomic E-state index is 6.74. The molecule has 1 aromatic carbocycles. The molecule has 2 atom stereocenters. The van der Waals surface area contributed by atoms with Gasteiger partial charge >= 0.3 is 0 Å². The Labute approximate surface area is 166 Å². The van der Waals surface area contributed by atoms with E-state index in [-0.39, 0.29) is 5.60 Å². The van der Waals surface area contributed by atoms with Crippen molar-refractivity contribution < 1.29 is 9.16 Å². The molecule has 3 rings (SSSR count). The van der Waals surface area contributed by atoms with Crippen molar-refractivity contribution >= 4 is 8.32 Å². The number of hydrogen-bond acceptors (Lipinski definition) is 2. The Morgan fingerprint density at radius 3 is 2.74 bits per heavy atom. The lowest BCUT2D eigenvalue weighted by molar-refractivity contribution is 0.0110. The van der Waals surface area contributed by atoms with Crippen molar-refractivity contribution in [1.29, 1.82) is 0 Å². The summed E-state index contributed by atoms with van der Waals surface area (Å²) in [6.07, 6.45) is 9.01. The second-order valence-electron chi connectivity index (χ2n) is 9.50. The van der Waals surface area contributed by atoms with Gasteiger partial charge in [0.05, 0.1) is 0 Å². The van der Waals surface area contributed by atoms with Gasteiger partial charge in [0, 0.05) is 17.4 Å². The smallest absolute Gasteiger partial charge is 0.248 e. The maximum absolute atomic E-state index is 6.74. The van der Waals surface area contributed by atoms with Crippen molar-refractivity contribution in [2.24, 2.45) is 5.92 Å². The zero-order valence-electron chi connectivity index (χ0n) is 18.0. The lowest BCUT2D eigenvalue weighted by Crippen LogP contribution is -2.45. The highest BCUT2D eigenvalue weighted by Crippen LogP contribution is 2.54. The quantitative estimate of drug-likeness (QED) is 0.387. The highest BCUT2D eigenvalue weighted by Gasteiger charge is 2.45. The first kappa shape index (κ1) is 20.3. The first-order valence-electron chi connectivity index (χ1n) is 10.5. The highest BCUT2D eigenvalue weighted by molar-refractivity contribution is 6.72. The molecule has 1 aliphatic heterocycles. The van der Waals surface area contributed by atoms with Crippen LogP contribution in [-0.4, -0.2) is 13.9 Å². The van der Waals surface area contributed by atoms with Crippen molar-refractivity contribution in [1.82, 2.24) is 0 Å². The van der Waals surface area contributed by atoms with Crippen LogP contribution in [0, 0.1) is 5.92 Å². The third-order valence-corrected chi connectivity index (χ3v) is 8.12. The second-order valence-corrected chi connectivity index (χ2v) is 13.6. The summed E-state index contributed by atoms with van der Waals surface area (Å²) in [5.41, 5.74) is 3.94. The number of ether oxygens (including phenoxy) is 1. The molecular weight excluding hydrogens is 348 g/mol. The van der Waals surface area contributed by atoms with Gasteiger partial charge in [-0.2, -0.15) is 0 Å². The molecule has 0 saturated carbocycles. The fourth-order valence-electron chi connectivity index (χ4n) is 4.77. The Hall–Kier alpha value is -1.48. The fraction of sp³-hybridized carbons (Fsp3) is 0.583. The Morgan fingerprint density at radius 1 is 1.33 bits per heavy atom. The summed E-state index contributed by atoms with van der Waals surface area (Å²) < 4.78 is 13.4.